The number of hydrogen-bond donors (Lipinski definition) is 2. The molecule has 20 heavy (non-hydrogen) atoms. The van der Waals surface area contributed by atoms with E-state index in [1.165, 1.54) is 12.8 Å². The Labute approximate surface area is 117 Å². The van der Waals surface area contributed by atoms with Crippen molar-refractivity contribution >= 4 is 11.8 Å². The molecule has 1 aromatic rings. The topological polar surface area (TPSA) is 65.5 Å². The second-order valence-corrected chi connectivity index (χ2v) is 5.53. The molecule has 0 unspecified atom stereocenters. The molecule has 0 aliphatic heterocycles. The summed E-state index contributed by atoms with van der Waals surface area (Å²) in [5.74, 6) is -1.59. The van der Waals surface area contributed by atoms with Crippen LogP contribution >= 0.6 is 0 Å². The van der Waals surface area contributed by atoms with Gasteiger partial charge in [-0.15, -0.1) is 0 Å². The molecule has 5 nitrogen and oxygen atoms in total. The number of carboxylic acid groups (broad SMARTS) is 1. The molecule has 1 aromatic heterocycles. The van der Waals surface area contributed by atoms with Crippen LogP contribution < -0.4 is 5.32 Å². The number of carbonyl (C=O) groups is 1. The van der Waals surface area contributed by atoms with E-state index in [0.717, 1.165) is 25.1 Å². The highest BCUT2D eigenvalue weighted by molar-refractivity contribution is 5.93. The summed E-state index contributed by atoms with van der Waals surface area (Å²) in [6.45, 7) is 0.610. The molecular formula is C14H20FN3O2. The Bertz CT molecular complexity index is 499. The number of carboxylic acids is 1. The van der Waals surface area contributed by atoms with Gasteiger partial charge < -0.3 is 15.3 Å². The second-order valence-electron chi connectivity index (χ2n) is 5.53. The Morgan fingerprint density at radius 2 is 2.15 bits per heavy atom. The van der Waals surface area contributed by atoms with Gasteiger partial charge in [-0.05, 0) is 33.0 Å². The van der Waals surface area contributed by atoms with Gasteiger partial charge in [-0.3, -0.25) is 0 Å². The molecule has 0 spiro atoms. The summed E-state index contributed by atoms with van der Waals surface area (Å²) in [7, 11) is 4.06. The SMILES string of the molecule is CN(C)C1(CNc2ncc(F)cc2C(=O)O)CCCC1. The van der Waals surface area contributed by atoms with Gasteiger partial charge in [0, 0.05) is 12.1 Å². The van der Waals surface area contributed by atoms with Gasteiger partial charge in [0.15, 0.2) is 0 Å². The highest BCUT2D eigenvalue weighted by Gasteiger charge is 2.36. The molecule has 2 N–H and O–H groups in total. The highest BCUT2D eigenvalue weighted by Crippen LogP contribution is 2.34. The first-order valence-electron chi connectivity index (χ1n) is 6.75. The smallest absolute Gasteiger partial charge is 0.339 e. The van der Waals surface area contributed by atoms with Crippen LogP contribution in [0.1, 0.15) is 36.0 Å². The first kappa shape index (κ1) is 14.7. The quantitative estimate of drug-likeness (QED) is 0.866. The Morgan fingerprint density at radius 3 is 2.70 bits per heavy atom. The zero-order valence-electron chi connectivity index (χ0n) is 11.8. The summed E-state index contributed by atoms with van der Waals surface area (Å²) in [6.07, 6.45) is 5.50. The minimum absolute atomic E-state index is 0.0197. The second kappa shape index (κ2) is 5.75. The largest absolute Gasteiger partial charge is 0.478 e. The van der Waals surface area contributed by atoms with E-state index in [-0.39, 0.29) is 16.9 Å². The van der Waals surface area contributed by atoms with E-state index < -0.39 is 11.8 Å². The van der Waals surface area contributed by atoms with Crippen molar-refractivity contribution in [2.75, 3.05) is 26.0 Å². The number of aromatic nitrogens is 1. The third-order valence-electron chi connectivity index (χ3n) is 4.15. The Morgan fingerprint density at radius 1 is 1.50 bits per heavy atom. The first-order valence-corrected chi connectivity index (χ1v) is 6.75. The molecule has 1 heterocycles. The number of aromatic carboxylic acids is 1. The van der Waals surface area contributed by atoms with Gasteiger partial charge >= 0.3 is 5.97 Å². The molecule has 0 aromatic carbocycles. The molecule has 1 aliphatic carbocycles. The van der Waals surface area contributed by atoms with Gasteiger partial charge in [-0.25, -0.2) is 14.2 Å². The van der Waals surface area contributed by atoms with Crippen molar-refractivity contribution in [2.24, 2.45) is 0 Å². The molecule has 0 radical (unpaired) electrons. The van der Waals surface area contributed by atoms with Gasteiger partial charge in [0.05, 0.1) is 6.20 Å². The molecule has 1 aliphatic rings. The summed E-state index contributed by atoms with van der Waals surface area (Å²) >= 11 is 0. The van der Waals surface area contributed by atoms with E-state index in [0.29, 0.717) is 6.54 Å². The average Bonchev–Trinajstić information content (AvgIpc) is 2.87. The fraction of sp³-hybridized carbons (Fsp3) is 0.571. The molecule has 0 atom stereocenters. The number of anilines is 1. The van der Waals surface area contributed by atoms with Crippen molar-refractivity contribution in [3.8, 4) is 0 Å². The van der Waals surface area contributed by atoms with E-state index >= 15 is 0 Å². The molecule has 110 valence electrons. The van der Waals surface area contributed by atoms with Gasteiger partial charge in [0.25, 0.3) is 0 Å². The van der Waals surface area contributed by atoms with Gasteiger partial charge in [-0.2, -0.15) is 0 Å². The van der Waals surface area contributed by atoms with Gasteiger partial charge in [0.2, 0.25) is 0 Å². The van der Waals surface area contributed by atoms with Crippen LogP contribution in [0.15, 0.2) is 12.3 Å². The molecular weight excluding hydrogens is 261 g/mol. The van der Waals surface area contributed by atoms with Crippen LogP contribution in [0.3, 0.4) is 0 Å². The molecule has 1 saturated carbocycles. The molecule has 0 amide bonds. The lowest BCUT2D eigenvalue weighted by molar-refractivity contribution is 0.0697. The lowest BCUT2D eigenvalue weighted by Gasteiger charge is -2.36. The van der Waals surface area contributed by atoms with Crippen molar-refractivity contribution in [3.63, 3.8) is 0 Å². The van der Waals surface area contributed by atoms with Crippen LogP contribution in [-0.2, 0) is 0 Å². The third kappa shape index (κ3) is 2.90. The van der Waals surface area contributed by atoms with Crippen LogP contribution in [0.4, 0.5) is 10.2 Å². The average molecular weight is 281 g/mol. The maximum absolute atomic E-state index is 13.1. The van der Waals surface area contributed by atoms with Crippen molar-refractivity contribution in [2.45, 2.75) is 31.2 Å². The zero-order chi connectivity index (χ0) is 14.8. The number of rotatable bonds is 5. The van der Waals surface area contributed by atoms with Gasteiger partial charge in [0.1, 0.15) is 17.2 Å². The van der Waals surface area contributed by atoms with Crippen LogP contribution in [-0.4, -0.2) is 47.1 Å². The maximum Gasteiger partial charge on any atom is 0.339 e. The van der Waals surface area contributed by atoms with Gasteiger partial charge in [-0.1, -0.05) is 12.8 Å². The zero-order valence-corrected chi connectivity index (χ0v) is 11.8. The normalized spacial score (nSPS) is 17.4. The molecule has 0 saturated heterocycles. The van der Waals surface area contributed by atoms with Crippen molar-refractivity contribution in [1.82, 2.24) is 9.88 Å². The lowest BCUT2D eigenvalue weighted by Crippen LogP contribution is -2.47. The third-order valence-corrected chi connectivity index (χ3v) is 4.15. The summed E-state index contributed by atoms with van der Waals surface area (Å²) in [6, 6.07) is 0.995. The first-order chi connectivity index (χ1) is 9.44. The standard InChI is InChI=1S/C14H20FN3O2/c1-18(2)14(5-3-4-6-14)9-17-12-11(13(19)20)7-10(15)8-16-12/h7-8H,3-6,9H2,1-2H3,(H,16,17)(H,19,20). The van der Waals surface area contributed by atoms with Crippen molar-refractivity contribution in [3.05, 3.63) is 23.6 Å². The van der Waals surface area contributed by atoms with Crippen LogP contribution in [0.2, 0.25) is 0 Å². The van der Waals surface area contributed by atoms with E-state index in [2.05, 4.69) is 15.2 Å². The van der Waals surface area contributed by atoms with E-state index in [4.69, 9.17) is 5.11 Å². The summed E-state index contributed by atoms with van der Waals surface area (Å²) in [5.41, 5.74) is -0.108. The minimum Gasteiger partial charge on any atom is -0.478 e. The van der Waals surface area contributed by atoms with Crippen LogP contribution in [0.25, 0.3) is 0 Å². The number of halogens is 1. The number of nitrogens with one attached hydrogen (secondary N) is 1. The van der Waals surface area contributed by atoms with E-state index in [1.54, 1.807) is 0 Å². The Balaban J connectivity index is 2.16. The Kier molecular flexibility index (Phi) is 4.23. The number of nitrogens with zero attached hydrogens (tertiary/aromatic N) is 2. The van der Waals surface area contributed by atoms with Crippen LogP contribution in [0.5, 0.6) is 0 Å². The Hall–Kier alpha value is -1.69. The number of hydrogen-bond acceptors (Lipinski definition) is 4. The maximum atomic E-state index is 13.1. The number of pyridine rings is 1. The monoisotopic (exact) mass is 281 g/mol. The van der Waals surface area contributed by atoms with Crippen molar-refractivity contribution < 1.29 is 14.3 Å². The molecule has 1 fully saturated rings. The predicted octanol–water partition coefficient (Wildman–Crippen LogP) is 2.21. The fourth-order valence-electron chi connectivity index (χ4n) is 2.81. The highest BCUT2D eigenvalue weighted by atomic mass is 19.1. The lowest BCUT2D eigenvalue weighted by atomic mass is 9.96. The van der Waals surface area contributed by atoms with E-state index in [9.17, 15) is 9.18 Å². The molecule has 6 heteroatoms. The predicted molar refractivity (Wildman–Crippen MR) is 74.5 cm³/mol. The summed E-state index contributed by atoms with van der Waals surface area (Å²) in [4.78, 5) is 17.2. The van der Waals surface area contributed by atoms with Crippen LogP contribution in [0, 0.1) is 5.82 Å². The van der Waals surface area contributed by atoms with E-state index in [1.807, 2.05) is 14.1 Å². The molecule has 0 bridgehead atoms. The molecule has 2 rings (SSSR count). The van der Waals surface area contributed by atoms with Crippen molar-refractivity contribution in [1.29, 1.82) is 0 Å². The summed E-state index contributed by atoms with van der Waals surface area (Å²) in [5, 5.41) is 12.2. The summed E-state index contributed by atoms with van der Waals surface area (Å²) < 4.78 is 13.1. The minimum atomic E-state index is -1.18. The number of likely N-dealkylation sites (N-methyl/N-ethyl adjacent to an activating group) is 1. The fourth-order valence-corrected chi connectivity index (χ4v) is 2.81.